The van der Waals surface area contributed by atoms with Crippen molar-refractivity contribution in [3.8, 4) is 5.75 Å². The minimum absolute atomic E-state index is 0.115. The first kappa shape index (κ1) is 15.2. The van der Waals surface area contributed by atoms with E-state index in [9.17, 15) is 8.78 Å². The highest BCUT2D eigenvalue weighted by Crippen LogP contribution is 2.21. The first-order chi connectivity index (χ1) is 10.2. The second-order valence-electron chi connectivity index (χ2n) is 4.69. The lowest BCUT2D eigenvalue weighted by Gasteiger charge is -2.09. The van der Waals surface area contributed by atoms with Gasteiger partial charge in [0.15, 0.2) is 11.6 Å². The largest absolute Gasteiger partial charge is 0.486 e. The van der Waals surface area contributed by atoms with Gasteiger partial charge in [-0.1, -0.05) is 36.4 Å². The zero-order chi connectivity index (χ0) is 15.1. The van der Waals surface area contributed by atoms with Gasteiger partial charge in [0.25, 0.3) is 0 Å². The summed E-state index contributed by atoms with van der Waals surface area (Å²) in [6.07, 6.45) is 0.764. The molecule has 0 aliphatic carbocycles. The molecule has 0 aliphatic heterocycles. The molecule has 0 spiro atoms. The summed E-state index contributed by atoms with van der Waals surface area (Å²) in [5.41, 5.74) is 7.43. The zero-order valence-corrected chi connectivity index (χ0v) is 11.6. The predicted octanol–water partition coefficient (Wildman–Crippen LogP) is 3.76. The number of hydrogen-bond donors (Lipinski definition) is 1. The summed E-state index contributed by atoms with van der Waals surface area (Å²) in [6, 6.07) is 14.1. The smallest absolute Gasteiger partial charge is 0.165 e. The quantitative estimate of drug-likeness (QED) is 0.878. The van der Waals surface area contributed by atoms with Gasteiger partial charge >= 0.3 is 0 Å². The number of nitrogens with two attached hydrogens (primary N) is 1. The Morgan fingerprint density at radius 3 is 2.48 bits per heavy atom. The Balaban J connectivity index is 2.02. The van der Waals surface area contributed by atoms with Crippen molar-refractivity contribution in [2.45, 2.75) is 13.0 Å². The summed E-state index contributed by atoms with van der Waals surface area (Å²) < 4.78 is 31.9. The van der Waals surface area contributed by atoms with Gasteiger partial charge in [-0.25, -0.2) is 8.78 Å². The Hall–Kier alpha value is -2.20. The van der Waals surface area contributed by atoms with Crippen molar-refractivity contribution in [3.05, 3.63) is 77.4 Å². The van der Waals surface area contributed by atoms with E-state index < -0.39 is 5.82 Å². The Kier molecular flexibility index (Phi) is 5.46. The first-order valence-corrected chi connectivity index (χ1v) is 6.66. The lowest BCUT2D eigenvalue weighted by molar-refractivity contribution is 0.290. The van der Waals surface area contributed by atoms with Crippen LogP contribution in [0.1, 0.15) is 11.1 Å². The van der Waals surface area contributed by atoms with E-state index in [1.807, 2.05) is 30.3 Å². The van der Waals surface area contributed by atoms with Gasteiger partial charge in [0.1, 0.15) is 6.61 Å². The average Bonchev–Trinajstić information content (AvgIpc) is 2.52. The highest BCUT2D eigenvalue weighted by atomic mass is 19.1. The van der Waals surface area contributed by atoms with E-state index >= 15 is 0 Å². The van der Waals surface area contributed by atoms with Crippen molar-refractivity contribution in [2.24, 2.45) is 5.73 Å². The molecule has 0 saturated carbocycles. The summed E-state index contributed by atoms with van der Waals surface area (Å²) >= 11 is 0. The fourth-order valence-electron chi connectivity index (χ4n) is 1.92. The molecule has 0 bridgehead atoms. The van der Waals surface area contributed by atoms with Gasteiger partial charge in [0, 0.05) is 6.54 Å². The lowest BCUT2D eigenvalue weighted by atomic mass is 10.1. The van der Waals surface area contributed by atoms with Crippen LogP contribution in [0.15, 0.2) is 60.4 Å². The van der Waals surface area contributed by atoms with Crippen molar-refractivity contribution in [3.63, 3.8) is 0 Å². The molecule has 2 N–H and O–H groups in total. The molecule has 110 valence electrons. The molecule has 4 heteroatoms. The van der Waals surface area contributed by atoms with E-state index in [1.165, 1.54) is 6.07 Å². The molecule has 0 heterocycles. The maximum atomic E-state index is 13.9. The van der Waals surface area contributed by atoms with Crippen LogP contribution >= 0.6 is 0 Å². The number of ether oxygens (including phenoxy) is 1. The molecular weight excluding hydrogens is 272 g/mol. The molecule has 2 aromatic carbocycles. The maximum absolute atomic E-state index is 13.9. The zero-order valence-electron chi connectivity index (χ0n) is 11.6. The minimum atomic E-state index is -0.460. The normalized spacial score (nSPS) is 11.5. The molecule has 0 aliphatic rings. The Morgan fingerprint density at radius 2 is 1.86 bits per heavy atom. The summed E-state index contributed by atoms with van der Waals surface area (Å²) in [4.78, 5) is 0. The third-order valence-corrected chi connectivity index (χ3v) is 3.08. The number of halogens is 2. The van der Waals surface area contributed by atoms with Crippen LogP contribution in [0.25, 0.3) is 0 Å². The van der Waals surface area contributed by atoms with Gasteiger partial charge in [-0.15, -0.1) is 0 Å². The van der Waals surface area contributed by atoms with Crippen molar-refractivity contribution >= 4 is 0 Å². The van der Waals surface area contributed by atoms with Crippen LogP contribution in [0.4, 0.5) is 8.78 Å². The second kappa shape index (κ2) is 7.55. The number of hydrogen-bond acceptors (Lipinski definition) is 2. The van der Waals surface area contributed by atoms with Gasteiger partial charge in [0.05, 0.1) is 6.33 Å². The van der Waals surface area contributed by atoms with E-state index in [0.717, 1.165) is 5.56 Å². The van der Waals surface area contributed by atoms with Crippen molar-refractivity contribution in [2.75, 3.05) is 6.54 Å². The van der Waals surface area contributed by atoms with Crippen LogP contribution in [0.2, 0.25) is 0 Å². The third kappa shape index (κ3) is 4.39. The molecule has 0 amide bonds. The topological polar surface area (TPSA) is 35.2 Å². The molecule has 0 saturated heterocycles. The molecule has 21 heavy (non-hydrogen) atoms. The maximum Gasteiger partial charge on any atom is 0.165 e. The van der Waals surface area contributed by atoms with E-state index in [4.69, 9.17) is 10.5 Å². The molecule has 2 aromatic rings. The van der Waals surface area contributed by atoms with Crippen molar-refractivity contribution in [1.29, 1.82) is 0 Å². The van der Waals surface area contributed by atoms with Gasteiger partial charge in [-0.05, 0) is 35.3 Å². The standard InChI is InChI=1S/C17H17F2NO/c18-10-15(11-20)8-14-6-7-17(16(19)9-14)21-12-13-4-2-1-3-5-13/h1-7,9-10H,8,11-12,20H2/b15-10+. The highest BCUT2D eigenvalue weighted by molar-refractivity contribution is 5.32. The van der Waals surface area contributed by atoms with Gasteiger partial charge in [-0.3, -0.25) is 0 Å². The number of rotatable bonds is 6. The Morgan fingerprint density at radius 1 is 1.10 bits per heavy atom. The van der Waals surface area contributed by atoms with E-state index in [-0.39, 0.29) is 12.3 Å². The van der Waals surface area contributed by atoms with E-state index in [0.29, 0.717) is 30.5 Å². The monoisotopic (exact) mass is 289 g/mol. The van der Waals surface area contributed by atoms with E-state index in [2.05, 4.69) is 0 Å². The third-order valence-electron chi connectivity index (χ3n) is 3.08. The molecule has 0 atom stereocenters. The van der Waals surface area contributed by atoms with E-state index in [1.54, 1.807) is 12.1 Å². The summed E-state index contributed by atoms with van der Waals surface area (Å²) in [6.45, 7) is 0.417. The van der Waals surface area contributed by atoms with Gasteiger partial charge in [0.2, 0.25) is 0 Å². The lowest BCUT2D eigenvalue weighted by Crippen LogP contribution is -2.05. The molecule has 0 radical (unpaired) electrons. The van der Waals surface area contributed by atoms with Crippen LogP contribution < -0.4 is 10.5 Å². The molecule has 0 fully saturated rings. The van der Waals surface area contributed by atoms with Gasteiger partial charge in [-0.2, -0.15) is 0 Å². The van der Waals surface area contributed by atoms with Crippen LogP contribution in [-0.2, 0) is 13.0 Å². The fraction of sp³-hybridized carbons (Fsp3) is 0.176. The average molecular weight is 289 g/mol. The van der Waals surface area contributed by atoms with Gasteiger partial charge < -0.3 is 10.5 Å². The van der Waals surface area contributed by atoms with Crippen LogP contribution in [0.3, 0.4) is 0 Å². The van der Waals surface area contributed by atoms with Crippen molar-refractivity contribution < 1.29 is 13.5 Å². The number of benzene rings is 2. The summed E-state index contributed by atoms with van der Waals surface area (Å²) in [7, 11) is 0. The van der Waals surface area contributed by atoms with Crippen LogP contribution in [0, 0.1) is 5.82 Å². The second-order valence-corrected chi connectivity index (χ2v) is 4.69. The molecule has 0 unspecified atom stereocenters. The fourth-order valence-corrected chi connectivity index (χ4v) is 1.92. The molecule has 0 aromatic heterocycles. The molecular formula is C17H17F2NO. The summed E-state index contributed by atoms with van der Waals surface area (Å²) in [5.74, 6) is -0.278. The predicted molar refractivity (Wildman–Crippen MR) is 79.1 cm³/mol. The molecule has 2 nitrogen and oxygen atoms in total. The SMILES string of the molecule is NC/C(=C/F)Cc1ccc(OCc2ccccc2)c(F)c1. The first-order valence-electron chi connectivity index (χ1n) is 6.66. The summed E-state index contributed by atoms with van der Waals surface area (Å²) in [5, 5.41) is 0. The highest BCUT2D eigenvalue weighted by Gasteiger charge is 2.06. The van der Waals surface area contributed by atoms with Crippen molar-refractivity contribution in [1.82, 2.24) is 0 Å². The van der Waals surface area contributed by atoms with Crippen LogP contribution in [-0.4, -0.2) is 6.54 Å². The molecule has 2 rings (SSSR count). The van der Waals surface area contributed by atoms with Crippen LogP contribution in [0.5, 0.6) is 5.75 Å². The Bertz CT molecular complexity index is 611. The minimum Gasteiger partial charge on any atom is -0.486 e. The Labute approximate surface area is 122 Å².